The molecule has 0 saturated carbocycles. The molecule has 2 heterocycles. The van der Waals surface area contributed by atoms with Crippen LogP contribution < -0.4 is 4.74 Å². The van der Waals surface area contributed by atoms with Gasteiger partial charge in [0.2, 0.25) is 5.88 Å². The SMILES string of the molecule is COc1cnc2c(n1)C[N-]C2.[Pd]. The Bertz CT molecular complexity index is 279. The summed E-state index contributed by atoms with van der Waals surface area (Å²) in [5, 5.41) is 4.15. The second kappa shape index (κ2) is 3.95. The topological polar surface area (TPSA) is 49.1 Å². The van der Waals surface area contributed by atoms with Crippen LogP contribution in [0.2, 0.25) is 0 Å². The second-order valence-corrected chi connectivity index (χ2v) is 2.35. The Hall–Kier alpha value is -0.498. The van der Waals surface area contributed by atoms with Gasteiger partial charge in [-0.25, -0.2) is 4.98 Å². The summed E-state index contributed by atoms with van der Waals surface area (Å²) in [6.07, 6.45) is 1.62. The summed E-state index contributed by atoms with van der Waals surface area (Å²) in [5.41, 5.74) is 1.93. The molecule has 1 aromatic rings. The molecule has 0 radical (unpaired) electrons. The van der Waals surface area contributed by atoms with Gasteiger partial charge in [-0.3, -0.25) is 4.98 Å². The van der Waals surface area contributed by atoms with Crippen molar-refractivity contribution >= 4 is 0 Å². The van der Waals surface area contributed by atoms with Crippen molar-refractivity contribution in [2.45, 2.75) is 13.1 Å². The Morgan fingerprint density at radius 2 is 2.17 bits per heavy atom. The van der Waals surface area contributed by atoms with E-state index in [2.05, 4.69) is 15.3 Å². The average molecular weight is 257 g/mol. The molecule has 0 amide bonds. The number of aromatic nitrogens is 2. The van der Waals surface area contributed by atoms with Crippen LogP contribution in [0.5, 0.6) is 5.88 Å². The van der Waals surface area contributed by atoms with Crippen molar-refractivity contribution in [3.05, 3.63) is 22.9 Å². The number of ether oxygens (including phenoxy) is 1. The molecule has 0 unspecified atom stereocenters. The van der Waals surface area contributed by atoms with Crippen LogP contribution in [0, 0.1) is 0 Å². The van der Waals surface area contributed by atoms with Crippen molar-refractivity contribution in [2.75, 3.05) is 7.11 Å². The Kier molecular flexibility index (Phi) is 3.15. The molecule has 0 saturated heterocycles. The van der Waals surface area contributed by atoms with E-state index in [-0.39, 0.29) is 20.4 Å². The fourth-order valence-electron chi connectivity index (χ4n) is 1.06. The van der Waals surface area contributed by atoms with Gasteiger partial charge in [0.15, 0.2) is 0 Å². The molecule has 4 nitrogen and oxygen atoms in total. The predicted molar refractivity (Wildman–Crippen MR) is 39.4 cm³/mol. The monoisotopic (exact) mass is 256 g/mol. The Labute approximate surface area is 84.4 Å². The van der Waals surface area contributed by atoms with E-state index in [1.54, 1.807) is 13.3 Å². The summed E-state index contributed by atoms with van der Waals surface area (Å²) in [5.74, 6) is 0.570. The normalized spacial score (nSPS) is 13.4. The molecular weight excluding hydrogens is 249 g/mol. The van der Waals surface area contributed by atoms with Crippen LogP contribution in [0.1, 0.15) is 11.4 Å². The van der Waals surface area contributed by atoms with E-state index in [1.165, 1.54) is 0 Å². The van der Waals surface area contributed by atoms with Gasteiger partial charge in [0.1, 0.15) is 0 Å². The van der Waals surface area contributed by atoms with Gasteiger partial charge in [0.25, 0.3) is 0 Å². The molecule has 0 aliphatic carbocycles. The molecule has 0 aromatic carbocycles. The van der Waals surface area contributed by atoms with Crippen LogP contribution >= 0.6 is 0 Å². The van der Waals surface area contributed by atoms with E-state index in [9.17, 15) is 0 Å². The maximum Gasteiger partial charge on any atom is 0.232 e. The van der Waals surface area contributed by atoms with Gasteiger partial charge in [-0.2, -0.15) is 0 Å². The van der Waals surface area contributed by atoms with E-state index in [1.807, 2.05) is 0 Å². The van der Waals surface area contributed by atoms with Crippen LogP contribution in [-0.2, 0) is 33.5 Å². The van der Waals surface area contributed by atoms with Crippen LogP contribution in [0.3, 0.4) is 0 Å². The third kappa shape index (κ3) is 1.63. The van der Waals surface area contributed by atoms with Gasteiger partial charge < -0.3 is 10.1 Å². The summed E-state index contributed by atoms with van der Waals surface area (Å²) in [6, 6.07) is 0. The Balaban J connectivity index is 0.000000720. The fourth-order valence-corrected chi connectivity index (χ4v) is 1.06. The molecule has 68 valence electrons. The maximum atomic E-state index is 4.92. The minimum absolute atomic E-state index is 0. The van der Waals surface area contributed by atoms with E-state index < -0.39 is 0 Å². The Morgan fingerprint density at radius 1 is 1.42 bits per heavy atom. The van der Waals surface area contributed by atoms with Gasteiger partial charge in [0.05, 0.1) is 13.3 Å². The largest absolute Gasteiger partial charge is 0.652 e. The average Bonchev–Trinajstić information content (AvgIpc) is 2.50. The summed E-state index contributed by atoms with van der Waals surface area (Å²) in [7, 11) is 1.59. The number of methoxy groups -OCH3 is 1. The molecule has 0 atom stereocenters. The van der Waals surface area contributed by atoms with Crippen LogP contribution in [0.4, 0.5) is 0 Å². The van der Waals surface area contributed by atoms with Gasteiger partial charge in [-0.05, 0) is 0 Å². The minimum atomic E-state index is 0. The van der Waals surface area contributed by atoms with Crippen LogP contribution in [-0.4, -0.2) is 17.1 Å². The zero-order valence-electron chi connectivity index (χ0n) is 6.56. The number of rotatable bonds is 1. The van der Waals surface area contributed by atoms with Crippen molar-refractivity contribution in [3.63, 3.8) is 0 Å². The quantitative estimate of drug-likeness (QED) is 0.701. The summed E-state index contributed by atoms with van der Waals surface area (Å²) in [6.45, 7) is 1.38. The van der Waals surface area contributed by atoms with Gasteiger partial charge in [-0.15, -0.1) is 13.1 Å². The van der Waals surface area contributed by atoms with E-state index >= 15 is 0 Å². The van der Waals surface area contributed by atoms with Crippen molar-refractivity contribution < 1.29 is 25.2 Å². The van der Waals surface area contributed by atoms with Gasteiger partial charge in [0, 0.05) is 31.8 Å². The van der Waals surface area contributed by atoms with Gasteiger partial charge >= 0.3 is 0 Å². The molecule has 0 bridgehead atoms. The number of hydrogen-bond donors (Lipinski definition) is 0. The van der Waals surface area contributed by atoms with Crippen molar-refractivity contribution in [3.8, 4) is 5.88 Å². The van der Waals surface area contributed by atoms with Crippen molar-refractivity contribution in [1.29, 1.82) is 0 Å². The first kappa shape index (κ1) is 9.59. The molecule has 0 N–H and O–H groups in total. The molecular formula is C7H8N3OPd-. The summed E-state index contributed by atoms with van der Waals surface area (Å²) < 4.78 is 4.92. The van der Waals surface area contributed by atoms with Crippen LogP contribution in [0.25, 0.3) is 5.32 Å². The first-order valence-electron chi connectivity index (χ1n) is 3.42. The second-order valence-electron chi connectivity index (χ2n) is 2.35. The first-order chi connectivity index (χ1) is 5.40. The fraction of sp³-hybridized carbons (Fsp3) is 0.429. The number of hydrogen-bond acceptors (Lipinski definition) is 3. The van der Waals surface area contributed by atoms with Crippen molar-refractivity contribution in [2.24, 2.45) is 0 Å². The van der Waals surface area contributed by atoms with E-state index in [4.69, 9.17) is 4.74 Å². The first-order valence-corrected chi connectivity index (χ1v) is 3.42. The van der Waals surface area contributed by atoms with Gasteiger partial charge in [-0.1, -0.05) is 0 Å². The van der Waals surface area contributed by atoms with Crippen LogP contribution in [0.15, 0.2) is 6.20 Å². The minimum Gasteiger partial charge on any atom is -0.652 e. The smallest absolute Gasteiger partial charge is 0.232 e. The molecule has 0 spiro atoms. The summed E-state index contributed by atoms with van der Waals surface area (Å²) in [4.78, 5) is 8.34. The third-order valence-corrected chi connectivity index (χ3v) is 1.64. The molecule has 2 rings (SSSR count). The molecule has 12 heavy (non-hydrogen) atoms. The molecule has 1 aliphatic heterocycles. The molecule has 1 aromatic heterocycles. The molecule has 0 fully saturated rings. The third-order valence-electron chi connectivity index (χ3n) is 1.64. The number of nitrogens with zero attached hydrogens (tertiary/aromatic N) is 3. The number of fused-ring (bicyclic) bond motifs is 1. The summed E-state index contributed by atoms with van der Waals surface area (Å²) >= 11 is 0. The molecule has 1 aliphatic rings. The van der Waals surface area contributed by atoms with E-state index in [0.717, 1.165) is 11.4 Å². The zero-order valence-corrected chi connectivity index (χ0v) is 8.11. The maximum absolute atomic E-state index is 4.92. The zero-order chi connectivity index (χ0) is 7.68. The van der Waals surface area contributed by atoms with Crippen molar-refractivity contribution in [1.82, 2.24) is 9.97 Å². The molecule has 5 heteroatoms. The van der Waals surface area contributed by atoms with E-state index in [0.29, 0.717) is 19.0 Å². The predicted octanol–water partition coefficient (Wildman–Crippen LogP) is 0.870. The standard InChI is InChI=1S/C7H8N3O.Pd/c1-11-7-4-9-5-2-8-3-6(5)10-7;/h4H,2-3H2,1H3;/q-1;. The Morgan fingerprint density at radius 3 is 2.92 bits per heavy atom.